The monoisotopic (exact) mass is 347 g/mol. The fourth-order valence-electron chi connectivity index (χ4n) is 1.97. The summed E-state index contributed by atoms with van der Waals surface area (Å²) in [5.41, 5.74) is 2.20. The molecule has 4 nitrogen and oxygen atoms in total. The van der Waals surface area contributed by atoms with Crippen molar-refractivity contribution in [2.75, 3.05) is 10.6 Å². The van der Waals surface area contributed by atoms with E-state index < -0.39 is 6.04 Å². The van der Waals surface area contributed by atoms with E-state index in [1.165, 1.54) is 0 Å². The van der Waals surface area contributed by atoms with Crippen LogP contribution in [0.5, 0.6) is 0 Å². The fourth-order valence-corrected chi connectivity index (χ4v) is 2.31. The lowest BCUT2D eigenvalue weighted by atomic mass is 10.1. The topological polar surface area (TPSA) is 64.9 Å². The summed E-state index contributed by atoms with van der Waals surface area (Å²) < 4.78 is 0. The molecule has 118 valence electrons. The SMILES string of the molecule is CC(Nc1ccc(CC#N)cc1)C(=O)Nc1cccc(Cl)c1Cl. The molecule has 1 atom stereocenters. The van der Waals surface area contributed by atoms with Gasteiger partial charge in [0, 0.05) is 5.69 Å². The van der Waals surface area contributed by atoms with Gasteiger partial charge in [-0.2, -0.15) is 5.26 Å². The second-order valence-corrected chi connectivity index (χ2v) is 5.77. The number of rotatable bonds is 5. The Bertz CT molecular complexity index is 738. The summed E-state index contributed by atoms with van der Waals surface area (Å²) in [6, 6.07) is 14.1. The number of anilines is 2. The number of benzene rings is 2. The van der Waals surface area contributed by atoms with Crippen LogP contribution in [0.15, 0.2) is 42.5 Å². The van der Waals surface area contributed by atoms with Crippen LogP contribution in [0.25, 0.3) is 0 Å². The second kappa shape index (κ2) is 7.87. The molecule has 2 N–H and O–H groups in total. The average Bonchev–Trinajstić information content (AvgIpc) is 2.54. The number of amides is 1. The van der Waals surface area contributed by atoms with E-state index in [4.69, 9.17) is 28.5 Å². The normalized spacial score (nSPS) is 11.4. The highest BCUT2D eigenvalue weighted by atomic mass is 35.5. The minimum absolute atomic E-state index is 0.227. The Kier molecular flexibility index (Phi) is 5.86. The predicted octanol–water partition coefficient (Wildman–Crippen LogP) is 4.50. The van der Waals surface area contributed by atoms with Gasteiger partial charge in [-0.25, -0.2) is 0 Å². The maximum Gasteiger partial charge on any atom is 0.246 e. The molecule has 0 fully saturated rings. The highest BCUT2D eigenvalue weighted by molar-refractivity contribution is 6.44. The molecule has 0 aliphatic rings. The van der Waals surface area contributed by atoms with Crippen LogP contribution in [0.1, 0.15) is 12.5 Å². The fraction of sp³-hybridized carbons (Fsp3) is 0.176. The molecule has 0 spiro atoms. The van der Waals surface area contributed by atoms with Crippen molar-refractivity contribution in [3.63, 3.8) is 0 Å². The largest absolute Gasteiger partial charge is 0.374 e. The Balaban J connectivity index is 2.00. The summed E-state index contributed by atoms with van der Waals surface area (Å²) in [5, 5.41) is 15.2. The second-order valence-electron chi connectivity index (χ2n) is 4.99. The molecule has 0 aliphatic carbocycles. The zero-order chi connectivity index (χ0) is 16.8. The molecule has 0 saturated carbocycles. The van der Waals surface area contributed by atoms with E-state index in [9.17, 15) is 4.79 Å². The van der Waals surface area contributed by atoms with Crippen molar-refractivity contribution in [2.24, 2.45) is 0 Å². The minimum atomic E-state index is -0.466. The molecule has 0 bridgehead atoms. The third-order valence-corrected chi connectivity index (χ3v) is 4.04. The van der Waals surface area contributed by atoms with Gasteiger partial charge in [0.05, 0.1) is 28.2 Å². The molecule has 0 aromatic heterocycles. The van der Waals surface area contributed by atoms with Crippen molar-refractivity contribution >= 4 is 40.5 Å². The van der Waals surface area contributed by atoms with Gasteiger partial charge >= 0.3 is 0 Å². The smallest absolute Gasteiger partial charge is 0.246 e. The molecular weight excluding hydrogens is 333 g/mol. The highest BCUT2D eigenvalue weighted by Crippen LogP contribution is 2.29. The zero-order valence-corrected chi connectivity index (χ0v) is 13.9. The molecule has 1 unspecified atom stereocenters. The molecule has 2 rings (SSSR count). The standard InChI is InChI=1S/C17H15Cl2N3O/c1-11(21-13-7-5-12(6-8-13)9-10-20)17(23)22-15-4-2-3-14(18)16(15)19/h2-8,11,21H,9H2,1H3,(H,22,23). The number of nitrogens with zero attached hydrogens (tertiary/aromatic N) is 1. The first-order valence-electron chi connectivity index (χ1n) is 6.98. The van der Waals surface area contributed by atoms with Crippen LogP contribution in [-0.4, -0.2) is 11.9 Å². The van der Waals surface area contributed by atoms with Gasteiger partial charge in [-0.3, -0.25) is 4.79 Å². The van der Waals surface area contributed by atoms with Gasteiger partial charge in [-0.15, -0.1) is 0 Å². The van der Waals surface area contributed by atoms with Crippen molar-refractivity contribution in [1.82, 2.24) is 0 Å². The molecule has 2 aromatic rings. The average molecular weight is 348 g/mol. The summed E-state index contributed by atoms with van der Waals surface area (Å²) >= 11 is 12.0. The first-order chi connectivity index (χ1) is 11.0. The quantitative estimate of drug-likeness (QED) is 0.836. The van der Waals surface area contributed by atoms with Crippen molar-refractivity contribution in [3.8, 4) is 6.07 Å². The summed E-state index contributed by atoms with van der Waals surface area (Å²) in [6.07, 6.45) is 0.365. The minimum Gasteiger partial charge on any atom is -0.374 e. The number of nitriles is 1. The van der Waals surface area contributed by atoms with Crippen LogP contribution in [0.4, 0.5) is 11.4 Å². The summed E-state index contributed by atoms with van der Waals surface area (Å²) in [7, 11) is 0. The Labute approximate surface area is 145 Å². The molecule has 0 saturated heterocycles. The zero-order valence-electron chi connectivity index (χ0n) is 12.4. The number of carbonyl (C=O) groups is 1. The van der Waals surface area contributed by atoms with Gasteiger partial charge in [0.1, 0.15) is 6.04 Å². The third kappa shape index (κ3) is 4.62. The van der Waals surface area contributed by atoms with Crippen LogP contribution in [0, 0.1) is 11.3 Å². The highest BCUT2D eigenvalue weighted by Gasteiger charge is 2.15. The van der Waals surface area contributed by atoms with Crippen LogP contribution in [0.3, 0.4) is 0 Å². The molecule has 0 aliphatic heterocycles. The lowest BCUT2D eigenvalue weighted by molar-refractivity contribution is -0.116. The third-order valence-electron chi connectivity index (χ3n) is 3.22. The van der Waals surface area contributed by atoms with Crippen LogP contribution >= 0.6 is 23.2 Å². The molecule has 1 amide bonds. The summed E-state index contributed by atoms with van der Waals surface area (Å²) in [5.74, 6) is -0.227. The van der Waals surface area contributed by atoms with E-state index in [1.807, 2.05) is 24.3 Å². The van der Waals surface area contributed by atoms with Gasteiger partial charge in [-0.1, -0.05) is 41.4 Å². The first kappa shape index (κ1) is 17.1. The maximum atomic E-state index is 12.2. The van der Waals surface area contributed by atoms with Gasteiger partial charge in [0.15, 0.2) is 0 Å². The molecule has 0 radical (unpaired) electrons. The number of hydrogen-bond donors (Lipinski definition) is 2. The van der Waals surface area contributed by atoms with Gasteiger partial charge in [-0.05, 0) is 36.8 Å². The van der Waals surface area contributed by atoms with Gasteiger partial charge < -0.3 is 10.6 Å². The van der Waals surface area contributed by atoms with E-state index in [1.54, 1.807) is 25.1 Å². The van der Waals surface area contributed by atoms with E-state index in [2.05, 4.69) is 16.7 Å². The molecule has 23 heavy (non-hydrogen) atoms. The first-order valence-corrected chi connectivity index (χ1v) is 7.74. The van der Waals surface area contributed by atoms with E-state index in [0.29, 0.717) is 22.2 Å². The summed E-state index contributed by atoms with van der Waals surface area (Å²) in [6.45, 7) is 1.75. The maximum absolute atomic E-state index is 12.2. The van der Waals surface area contributed by atoms with Crippen LogP contribution in [-0.2, 0) is 11.2 Å². The summed E-state index contributed by atoms with van der Waals surface area (Å²) in [4.78, 5) is 12.2. The number of carbonyl (C=O) groups excluding carboxylic acids is 1. The van der Waals surface area contributed by atoms with Crippen molar-refractivity contribution in [2.45, 2.75) is 19.4 Å². The predicted molar refractivity (Wildman–Crippen MR) is 93.9 cm³/mol. The number of nitrogens with one attached hydrogen (secondary N) is 2. The lowest BCUT2D eigenvalue weighted by Gasteiger charge is -2.16. The molecule has 6 heteroatoms. The van der Waals surface area contributed by atoms with Gasteiger partial charge in [0.25, 0.3) is 0 Å². The van der Waals surface area contributed by atoms with Crippen LogP contribution < -0.4 is 10.6 Å². The molecular formula is C17H15Cl2N3O. The Morgan fingerprint density at radius 2 is 1.91 bits per heavy atom. The van der Waals surface area contributed by atoms with Crippen molar-refractivity contribution in [1.29, 1.82) is 5.26 Å². The Hall–Kier alpha value is -2.22. The number of halogens is 2. The van der Waals surface area contributed by atoms with Gasteiger partial charge in [0.2, 0.25) is 5.91 Å². The lowest BCUT2D eigenvalue weighted by Crippen LogP contribution is -2.31. The van der Waals surface area contributed by atoms with E-state index in [-0.39, 0.29) is 5.91 Å². The number of hydrogen-bond acceptors (Lipinski definition) is 3. The van der Waals surface area contributed by atoms with Crippen molar-refractivity contribution < 1.29 is 4.79 Å². The van der Waals surface area contributed by atoms with Crippen molar-refractivity contribution in [3.05, 3.63) is 58.1 Å². The molecule has 0 heterocycles. The Morgan fingerprint density at radius 1 is 1.22 bits per heavy atom. The Morgan fingerprint density at radius 3 is 2.57 bits per heavy atom. The van der Waals surface area contributed by atoms with E-state index >= 15 is 0 Å². The molecule has 2 aromatic carbocycles. The van der Waals surface area contributed by atoms with Crippen LogP contribution in [0.2, 0.25) is 10.0 Å². The van der Waals surface area contributed by atoms with E-state index in [0.717, 1.165) is 11.3 Å².